The van der Waals surface area contributed by atoms with Gasteiger partial charge in [-0.15, -0.1) is 0 Å². The summed E-state index contributed by atoms with van der Waals surface area (Å²) in [5.41, 5.74) is 1.72. The van der Waals surface area contributed by atoms with Gasteiger partial charge in [-0.2, -0.15) is 4.72 Å². The minimum Gasteiger partial charge on any atom is -0.456 e. The normalized spacial score (nSPS) is 16.0. The monoisotopic (exact) mass is 457 g/mol. The predicted octanol–water partition coefficient (Wildman–Crippen LogP) is 4.46. The first-order valence-electron chi connectivity index (χ1n) is 11.1. The Labute approximate surface area is 190 Å². The Hall–Kier alpha value is -2.51. The van der Waals surface area contributed by atoms with Crippen LogP contribution in [0, 0.1) is 5.92 Å². The van der Waals surface area contributed by atoms with Crippen LogP contribution in [-0.4, -0.2) is 32.8 Å². The van der Waals surface area contributed by atoms with Crippen LogP contribution in [0.25, 0.3) is 0 Å². The van der Waals surface area contributed by atoms with Gasteiger partial charge in [-0.25, -0.2) is 8.42 Å². The Bertz CT molecular complexity index is 1010. The van der Waals surface area contributed by atoms with Crippen molar-refractivity contribution in [1.29, 1.82) is 0 Å². The van der Waals surface area contributed by atoms with Crippen LogP contribution in [0.5, 0.6) is 0 Å². The molecule has 0 spiro atoms. The van der Waals surface area contributed by atoms with Gasteiger partial charge in [-0.3, -0.25) is 9.59 Å². The standard InChI is InChI=1S/C25H31NO5S/c1-18(2)24(26-32(29,30)22-11-7-4-8-12-22)25(28)31-17-23(27)21-15-13-20(14-16-21)19-9-5-3-6-10-19/h4,7-8,11-16,18-19,24,26H,3,5-6,9-10,17H2,1-2H3. The van der Waals surface area contributed by atoms with Crippen molar-refractivity contribution in [2.75, 3.05) is 6.61 Å². The summed E-state index contributed by atoms with van der Waals surface area (Å²) in [6, 6.07) is 14.2. The third kappa shape index (κ3) is 6.26. The first-order valence-corrected chi connectivity index (χ1v) is 12.6. The Morgan fingerprint density at radius 2 is 1.59 bits per heavy atom. The lowest BCUT2D eigenvalue weighted by Gasteiger charge is -2.22. The number of ether oxygens (including phenoxy) is 1. The van der Waals surface area contributed by atoms with E-state index in [1.165, 1.54) is 49.8 Å². The highest BCUT2D eigenvalue weighted by molar-refractivity contribution is 7.89. The van der Waals surface area contributed by atoms with Crippen LogP contribution < -0.4 is 4.72 Å². The van der Waals surface area contributed by atoms with E-state index in [1.807, 2.05) is 12.1 Å². The van der Waals surface area contributed by atoms with E-state index in [1.54, 1.807) is 44.2 Å². The van der Waals surface area contributed by atoms with E-state index < -0.39 is 28.6 Å². The van der Waals surface area contributed by atoms with Crippen molar-refractivity contribution in [3.05, 3.63) is 65.7 Å². The van der Waals surface area contributed by atoms with Crippen molar-refractivity contribution in [1.82, 2.24) is 4.72 Å². The molecule has 3 rings (SSSR count). The molecule has 0 aromatic heterocycles. The number of rotatable bonds is 9. The molecule has 6 nitrogen and oxygen atoms in total. The van der Waals surface area contributed by atoms with Crippen LogP contribution in [0.3, 0.4) is 0 Å². The van der Waals surface area contributed by atoms with Crippen LogP contribution >= 0.6 is 0 Å². The Balaban J connectivity index is 1.59. The van der Waals surface area contributed by atoms with E-state index in [2.05, 4.69) is 4.72 Å². The number of carbonyl (C=O) groups is 2. The van der Waals surface area contributed by atoms with Gasteiger partial charge in [0.2, 0.25) is 10.0 Å². The molecule has 0 amide bonds. The summed E-state index contributed by atoms with van der Waals surface area (Å²) in [5, 5.41) is 0. The average molecular weight is 458 g/mol. The van der Waals surface area contributed by atoms with E-state index in [4.69, 9.17) is 4.74 Å². The van der Waals surface area contributed by atoms with Crippen LogP contribution in [-0.2, 0) is 19.6 Å². The first-order chi connectivity index (χ1) is 15.3. The molecule has 0 bridgehead atoms. The van der Waals surface area contributed by atoms with Gasteiger partial charge < -0.3 is 4.74 Å². The lowest BCUT2D eigenvalue weighted by Crippen LogP contribution is -2.45. The maximum Gasteiger partial charge on any atom is 0.324 e. The zero-order valence-corrected chi connectivity index (χ0v) is 19.4. The van der Waals surface area contributed by atoms with Crippen LogP contribution in [0.2, 0.25) is 0 Å². The van der Waals surface area contributed by atoms with E-state index in [-0.39, 0.29) is 16.6 Å². The smallest absolute Gasteiger partial charge is 0.324 e. The molecule has 2 aromatic rings. The number of Topliss-reactive ketones (excluding diaryl/α,β-unsaturated/α-hetero) is 1. The summed E-state index contributed by atoms with van der Waals surface area (Å²) in [6.45, 7) is 2.99. The average Bonchev–Trinajstić information content (AvgIpc) is 2.82. The number of esters is 1. The predicted molar refractivity (Wildman–Crippen MR) is 123 cm³/mol. The molecule has 1 aliphatic carbocycles. The molecule has 0 aliphatic heterocycles. The fourth-order valence-corrected chi connectivity index (χ4v) is 5.33. The van der Waals surface area contributed by atoms with Crippen LogP contribution in [0.15, 0.2) is 59.5 Å². The molecule has 1 unspecified atom stereocenters. The van der Waals surface area contributed by atoms with E-state index in [9.17, 15) is 18.0 Å². The Morgan fingerprint density at radius 3 is 2.19 bits per heavy atom. The van der Waals surface area contributed by atoms with Gasteiger partial charge in [0.15, 0.2) is 12.4 Å². The Morgan fingerprint density at radius 1 is 0.969 bits per heavy atom. The SMILES string of the molecule is CC(C)C(NS(=O)(=O)c1ccccc1)C(=O)OCC(=O)c1ccc(C2CCCCC2)cc1. The molecule has 32 heavy (non-hydrogen) atoms. The molecule has 172 valence electrons. The van der Waals surface area contributed by atoms with Gasteiger partial charge >= 0.3 is 5.97 Å². The highest BCUT2D eigenvalue weighted by Crippen LogP contribution is 2.32. The van der Waals surface area contributed by atoms with Crippen LogP contribution in [0.1, 0.15) is 67.8 Å². The summed E-state index contributed by atoms with van der Waals surface area (Å²) in [7, 11) is -3.89. The minimum atomic E-state index is -3.89. The van der Waals surface area contributed by atoms with E-state index in [0.29, 0.717) is 11.5 Å². The summed E-state index contributed by atoms with van der Waals surface area (Å²) in [5.74, 6) is -0.894. The largest absolute Gasteiger partial charge is 0.456 e. The van der Waals surface area contributed by atoms with Gasteiger partial charge in [0.05, 0.1) is 4.90 Å². The van der Waals surface area contributed by atoms with Gasteiger partial charge in [-0.05, 0) is 42.4 Å². The number of sulfonamides is 1. The number of carbonyl (C=O) groups excluding carboxylic acids is 2. The summed E-state index contributed by atoms with van der Waals surface area (Å²) in [6.07, 6.45) is 6.14. The van der Waals surface area contributed by atoms with Crippen molar-refractivity contribution >= 4 is 21.8 Å². The lowest BCUT2D eigenvalue weighted by molar-refractivity contribution is -0.145. The second-order valence-electron chi connectivity index (χ2n) is 8.64. The van der Waals surface area contributed by atoms with E-state index >= 15 is 0 Å². The molecule has 1 N–H and O–H groups in total. The third-order valence-electron chi connectivity index (χ3n) is 5.91. The van der Waals surface area contributed by atoms with Crippen molar-refractivity contribution in [3.8, 4) is 0 Å². The molecule has 0 heterocycles. The van der Waals surface area contributed by atoms with Gasteiger partial charge in [-0.1, -0.05) is 75.6 Å². The Kier molecular flexibility index (Phi) is 8.21. The zero-order valence-electron chi connectivity index (χ0n) is 18.6. The topological polar surface area (TPSA) is 89.5 Å². The van der Waals surface area contributed by atoms with Crippen LogP contribution in [0.4, 0.5) is 0 Å². The summed E-state index contributed by atoms with van der Waals surface area (Å²) < 4.78 is 32.8. The van der Waals surface area contributed by atoms with Gasteiger partial charge in [0.25, 0.3) is 0 Å². The number of ketones is 1. The number of hydrogen-bond acceptors (Lipinski definition) is 5. The van der Waals surface area contributed by atoms with Crippen molar-refractivity contribution in [2.45, 2.75) is 62.8 Å². The molecule has 7 heteroatoms. The first kappa shape index (κ1) is 24.1. The van der Waals surface area contributed by atoms with Gasteiger partial charge in [0, 0.05) is 5.56 Å². The third-order valence-corrected chi connectivity index (χ3v) is 7.37. The molecule has 1 aliphatic rings. The number of benzene rings is 2. The molecule has 0 saturated heterocycles. The fourth-order valence-electron chi connectivity index (χ4n) is 3.98. The molecular weight excluding hydrogens is 426 g/mol. The zero-order chi connectivity index (χ0) is 23.1. The second-order valence-corrected chi connectivity index (χ2v) is 10.4. The maximum absolute atomic E-state index is 12.6. The number of hydrogen-bond donors (Lipinski definition) is 1. The van der Waals surface area contributed by atoms with Crippen molar-refractivity contribution < 1.29 is 22.7 Å². The highest BCUT2D eigenvalue weighted by atomic mass is 32.2. The minimum absolute atomic E-state index is 0.0626. The van der Waals surface area contributed by atoms with Crippen molar-refractivity contribution in [3.63, 3.8) is 0 Å². The molecule has 1 fully saturated rings. The molecule has 1 saturated carbocycles. The lowest BCUT2D eigenvalue weighted by atomic mass is 9.84. The molecular formula is C25H31NO5S. The second kappa shape index (κ2) is 10.9. The summed E-state index contributed by atoms with van der Waals surface area (Å²) >= 11 is 0. The molecule has 0 radical (unpaired) electrons. The molecule has 1 atom stereocenters. The maximum atomic E-state index is 12.6. The molecule has 2 aromatic carbocycles. The quantitative estimate of drug-likeness (QED) is 0.443. The highest BCUT2D eigenvalue weighted by Gasteiger charge is 2.30. The van der Waals surface area contributed by atoms with E-state index in [0.717, 1.165) is 0 Å². The summed E-state index contributed by atoms with van der Waals surface area (Å²) in [4.78, 5) is 25.2. The van der Waals surface area contributed by atoms with Crippen molar-refractivity contribution in [2.24, 2.45) is 5.92 Å². The number of nitrogens with one attached hydrogen (secondary N) is 1. The van der Waals surface area contributed by atoms with Gasteiger partial charge in [0.1, 0.15) is 6.04 Å². The fraction of sp³-hybridized carbons (Fsp3) is 0.440.